The number of fused-ring (bicyclic) bond motifs is 1. The van der Waals surface area contributed by atoms with Gasteiger partial charge in [0, 0.05) is 5.92 Å². The van der Waals surface area contributed by atoms with Crippen molar-refractivity contribution in [3.05, 3.63) is 54.1 Å². The van der Waals surface area contributed by atoms with E-state index in [-0.39, 0.29) is 27.6 Å². The summed E-state index contributed by atoms with van der Waals surface area (Å²) in [4.78, 5) is 21.7. The van der Waals surface area contributed by atoms with Gasteiger partial charge in [0.25, 0.3) is 0 Å². The van der Waals surface area contributed by atoms with E-state index < -0.39 is 9.84 Å². The molecule has 2 heterocycles. The molecule has 1 aromatic heterocycles. The number of carbonyl (C=O) groups is 1. The number of hydrogen-bond donors (Lipinski definition) is 2. The average molecular weight is 410 g/mol. The third-order valence-electron chi connectivity index (χ3n) is 5.04. The van der Waals surface area contributed by atoms with Crippen molar-refractivity contribution in [2.45, 2.75) is 29.7 Å². The number of nitrogens with zero attached hydrogens (tertiary/aromatic N) is 2. The molecule has 1 aliphatic heterocycles. The van der Waals surface area contributed by atoms with Crippen LogP contribution in [0.3, 0.4) is 0 Å². The molecular formula is C21H22N4O3S. The van der Waals surface area contributed by atoms with Crippen molar-refractivity contribution in [3.8, 4) is 0 Å². The second-order valence-corrected chi connectivity index (χ2v) is 9.06. The second-order valence-electron chi connectivity index (χ2n) is 7.20. The van der Waals surface area contributed by atoms with Crippen LogP contribution in [0.5, 0.6) is 0 Å². The van der Waals surface area contributed by atoms with Crippen molar-refractivity contribution in [2.24, 2.45) is 5.92 Å². The van der Waals surface area contributed by atoms with Gasteiger partial charge in [0.15, 0.2) is 5.82 Å². The first kappa shape index (κ1) is 19.5. The van der Waals surface area contributed by atoms with Gasteiger partial charge in [0.1, 0.15) is 0 Å². The standard InChI is InChI=1S/C21H22N4O3S/c1-14-5-4-6-16(13-14)29(27,28)21-19(23-17-7-2-3-8-18(17)24-21)25-20(26)15-9-11-22-12-10-15/h2-8,13,15,22H,9-12H2,1H3,(H,23,25,26). The Bertz CT molecular complexity index is 1170. The molecule has 29 heavy (non-hydrogen) atoms. The number of nitrogens with one attached hydrogen (secondary N) is 2. The number of piperidine rings is 1. The van der Waals surface area contributed by atoms with E-state index in [1.165, 1.54) is 6.07 Å². The molecule has 1 aliphatic rings. The summed E-state index contributed by atoms with van der Waals surface area (Å²) in [5.74, 6) is -0.426. The molecule has 0 saturated carbocycles. The number of amides is 1. The number of aryl methyl sites for hydroxylation is 1. The molecule has 2 aromatic carbocycles. The molecule has 0 radical (unpaired) electrons. The molecule has 1 amide bonds. The Labute approximate surface area is 169 Å². The minimum absolute atomic E-state index is 0.0197. The fourth-order valence-corrected chi connectivity index (χ4v) is 4.84. The summed E-state index contributed by atoms with van der Waals surface area (Å²) in [6, 6.07) is 13.6. The monoisotopic (exact) mass is 410 g/mol. The van der Waals surface area contributed by atoms with E-state index in [1.54, 1.807) is 36.4 Å². The fraction of sp³-hybridized carbons (Fsp3) is 0.286. The molecule has 1 fully saturated rings. The number of hydrogen-bond acceptors (Lipinski definition) is 6. The van der Waals surface area contributed by atoms with Crippen molar-refractivity contribution in [1.82, 2.24) is 15.3 Å². The molecule has 3 aromatic rings. The topological polar surface area (TPSA) is 101 Å². The SMILES string of the molecule is Cc1cccc(S(=O)(=O)c2nc3ccccc3nc2NC(=O)C2CCNCC2)c1. The van der Waals surface area contributed by atoms with Gasteiger partial charge in [-0.25, -0.2) is 18.4 Å². The van der Waals surface area contributed by atoms with Gasteiger partial charge in [0.05, 0.1) is 15.9 Å². The average Bonchev–Trinajstić information content (AvgIpc) is 2.74. The molecule has 7 nitrogen and oxygen atoms in total. The lowest BCUT2D eigenvalue weighted by molar-refractivity contribution is -0.120. The van der Waals surface area contributed by atoms with E-state index >= 15 is 0 Å². The van der Waals surface area contributed by atoms with Gasteiger partial charge in [-0.1, -0.05) is 24.3 Å². The highest BCUT2D eigenvalue weighted by Gasteiger charge is 2.28. The number of para-hydroxylation sites is 2. The lowest BCUT2D eigenvalue weighted by Gasteiger charge is -2.22. The minimum atomic E-state index is -3.96. The number of benzene rings is 2. The summed E-state index contributed by atoms with van der Waals surface area (Å²) >= 11 is 0. The molecule has 0 spiro atoms. The van der Waals surface area contributed by atoms with Crippen LogP contribution in [0.2, 0.25) is 0 Å². The molecule has 1 saturated heterocycles. The maximum atomic E-state index is 13.3. The van der Waals surface area contributed by atoms with E-state index in [1.807, 2.05) is 13.0 Å². The summed E-state index contributed by atoms with van der Waals surface area (Å²) in [7, 11) is -3.96. The van der Waals surface area contributed by atoms with E-state index in [0.29, 0.717) is 23.9 Å². The highest BCUT2D eigenvalue weighted by Crippen LogP contribution is 2.28. The summed E-state index contributed by atoms with van der Waals surface area (Å²) in [5, 5.41) is 5.73. The third-order valence-corrected chi connectivity index (χ3v) is 6.71. The van der Waals surface area contributed by atoms with Gasteiger partial charge < -0.3 is 10.6 Å². The van der Waals surface area contributed by atoms with Gasteiger partial charge in [-0.3, -0.25) is 4.79 Å². The zero-order chi connectivity index (χ0) is 20.4. The molecule has 0 atom stereocenters. The quantitative estimate of drug-likeness (QED) is 0.686. The third kappa shape index (κ3) is 3.99. The van der Waals surface area contributed by atoms with E-state index in [9.17, 15) is 13.2 Å². The second kappa shape index (κ2) is 7.88. The molecule has 150 valence electrons. The van der Waals surface area contributed by atoms with Gasteiger partial charge >= 0.3 is 0 Å². The van der Waals surface area contributed by atoms with Crippen molar-refractivity contribution in [2.75, 3.05) is 18.4 Å². The molecular weight excluding hydrogens is 388 g/mol. The zero-order valence-corrected chi connectivity index (χ0v) is 16.9. The first-order valence-corrected chi connectivity index (χ1v) is 11.0. The maximum absolute atomic E-state index is 13.3. The van der Waals surface area contributed by atoms with E-state index in [4.69, 9.17) is 0 Å². The highest BCUT2D eigenvalue weighted by atomic mass is 32.2. The number of carbonyl (C=O) groups excluding carboxylic acids is 1. The lowest BCUT2D eigenvalue weighted by atomic mass is 9.97. The van der Waals surface area contributed by atoms with Crippen LogP contribution in [0.15, 0.2) is 58.5 Å². The Morgan fingerprint density at radius 2 is 1.72 bits per heavy atom. The van der Waals surface area contributed by atoms with Crippen LogP contribution in [0, 0.1) is 12.8 Å². The van der Waals surface area contributed by atoms with Crippen LogP contribution < -0.4 is 10.6 Å². The number of rotatable bonds is 4. The summed E-state index contributed by atoms with van der Waals surface area (Å²) < 4.78 is 26.7. The van der Waals surface area contributed by atoms with Crippen LogP contribution in [0.1, 0.15) is 18.4 Å². The zero-order valence-electron chi connectivity index (χ0n) is 16.1. The molecule has 0 bridgehead atoms. The highest BCUT2D eigenvalue weighted by molar-refractivity contribution is 7.91. The van der Waals surface area contributed by atoms with Gasteiger partial charge in [-0.15, -0.1) is 0 Å². The molecule has 0 aliphatic carbocycles. The van der Waals surface area contributed by atoms with Crippen molar-refractivity contribution >= 4 is 32.6 Å². The normalized spacial score (nSPS) is 15.3. The number of sulfone groups is 1. The Kier molecular flexibility index (Phi) is 5.29. The molecule has 0 unspecified atom stereocenters. The van der Waals surface area contributed by atoms with Crippen LogP contribution in [0.25, 0.3) is 11.0 Å². The summed E-state index contributed by atoms with van der Waals surface area (Å²) in [6.07, 6.45) is 1.40. The summed E-state index contributed by atoms with van der Waals surface area (Å²) in [5.41, 5.74) is 1.80. The predicted octanol–water partition coefficient (Wildman–Crippen LogP) is 2.71. The fourth-order valence-electron chi connectivity index (χ4n) is 3.45. The molecule has 4 rings (SSSR count). The first-order chi connectivity index (χ1) is 13.9. The van der Waals surface area contributed by atoms with Gasteiger partial charge in [-0.2, -0.15) is 0 Å². The van der Waals surface area contributed by atoms with Gasteiger partial charge in [-0.05, 0) is 62.7 Å². The van der Waals surface area contributed by atoms with Crippen LogP contribution in [0.4, 0.5) is 5.82 Å². The van der Waals surface area contributed by atoms with Crippen LogP contribution in [-0.2, 0) is 14.6 Å². The van der Waals surface area contributed by atoms with E-state index in [2.05, 4.69) is 20.6 Å². The minimum Gasteiger partial charge on any atom is -0.317 e. The van der Waals surface area contributed by atoms with Crippen molar-refractivity contribution in [3.63, 3.8) is 0 Å². The predicted molar refractivity (Wildman–Crippen MR) is 110 cm³/mol. The Balaban J connectivity index is 1.81. The Hall–Kier alpha value is -2.84. The number of anilines is 1. The Morgan fingerprint density at radius 1 is 1.03 bits per heavy atom. The molecule has 2 N–H and O–H groups in total. The van der Waals surface area contributed by atoms with Gasteiger partial charge in [0.2, 0.25) is 20.8 Å². The number of aromatic nitrogens is 2. The van der Waals surface area contributed by atoms with Crippen molar-refractivity contribution < 1.29 is 13.2 Å². The van der Waals surface area contributed by atoms with Crippen molar-refractivity contribution in [1.29, 1.82) is 0 Å². The Morgan fingerprint density at radius 3 is 2.41 bits per heavy atom. The maximum Gasteiger partial charge on any atom is 0.228 e. The van der Waals surface area contributed by atoms with Crippen LogP contribution in [-0.4, -0.2) is 37.4 Å². The summed E-state index contributed by atoms with van der Waals surface area (Å²) in [6.45, 7) is 3.34. The van der Waals surface area contributed by atoms with E-state index in [0.717, 1.165) is 18.7 Å². The lowest BCUT2D eigenvalue weighted by Crippen LogP contribution is -2.35. The first-order valence-electron chi connectivity index (χ1n) is 9.55. The van der Waals surface area contributed by atoms with Crippen LogP contribution >= 0.6 is 0 Å². The smallest absolute Gasteiger partial charge is 0.228 e. The largest absolute Gasteiger partial charge is 0.317 e. The molecule has 8 heteroatoms.